The molecule has 2 N–H and O–H groups in total. The summed E-state index contributed by atoms with van der Waals surface area (Å²) in [6, 6.07) is 6.94. The summed E-state index contributed by atoms with van der Waals surface area (Å²) in [6.07, 6.45) is 1.58. The van der Waals surface area contributed by atoms with Crippen molar-refractivity contribution in [1.29, 1.82) is 0 Å². The second-order valence-electron chi connectivity index (χ2n) is 3.99. The second kappa shape index (κ2) is 5.84. The Balaban J connectivity index is 1.83. The van der Waals surface area contributed by atoms with Crippen LogP contribution < -0.4 is 0 Å². The van der Waals surface area contributed by atoms with E-state index in [0.29, 0.717) is 12.2 Å². The van der Waals surface area contributed by atoms with E-state index in [9.17, 15) is 9.90 Å². The molecule has 4 nitrogen and oxygen atoms in total. The molecule has 5 heteroatoms. The van der Waals surface area contributed by atoms with Crippen molar-refractivity contribution in [3.63, 3.8) is 0 Å². The molecule has 0 aromatic carbocycles. The van der Waals surface area contributed by atoms with Crippen LogP contribution in [-0.2, 0) is 6.42 Å². The first-order valence-corrected chi connectivity index (χ1v) is 6.58. The van der Waals surface area contributed by atoms with E-state index in [0.717, 1.165) is 12.8 Å². The van der Waals surface area contributed by atoms with Gasteiger partial charge >= 0.3 is 5.97 Å². The Morgan fingerprint density at radius 1 is 1.39 bits per heavy atom. The number of aromatic carboxylic acids is 1. The highest BCUT2D eigenvalue weighted by Gasteiger charge is 2.15. The van der Waals surface area contributed by atoms with Crippen molar-refractivity contribution in [2.75, 3.05) is 0 Å². The molecule has 0 radical (unpaired) electrons. The van der Waals surface area contributed by atoms with Gasteiger partial charge in [-0.2, -0.15) is 0 Å². The Hall–Kier alpha value is -1.59. The molecule has 2 heterocycles. The Bertz CT molecular complexity index is 501. The lowest BCUT2D eigenvalue weighted by molar-refractivity contribution is 0.0649. The first-order chi connectivity index (χ1) is 8.66. The third-order valence-electron chi connectivity index (χ3n) is 2.65. The molecule has 2 aromatic rings. The molecule has 0 saturated heterocycles. The molecule has 0 saturated carbocycles. The highest BCUT2D eigenvalue weighted by Crippen LogP contribution is 2.22. The first-order valence-electron chi connectivity index (χ1n) is 5.70. The minimum Gasteiger partial charge on any atom is -0.475 e. The summed E-state index contributed by atoms with van der Waals surface area (Å²) in [7, 11) is 0. The molecule has 0 aliphatic carbocycles. The Kier molecular flexibility index (Phi) is 4.17. The number of carboxylic acids is 1. The maximum absolute atomic E-state index is 10.6. The van der Waals surface area contributed by atoms with Gasteiger partial charge in [0.1, 0.15) is 11.9 Å². The molecule has 0 amide bonds. The van der Waals surface area contributed by atoms with Crippen LogP contribution in [0, 0.1) is 0 Å². The van der Waals surface area contributed by atoms with Crippen molar-refractivity contribution < 1.29 is 19.4 Å². The van der Waals surface area contributed by atoms with Crippen molar-refractivity contribution >= 4 is 17.3 Å². The highest BCUT2D eigenvalue weighted by atomic mass is 32.1. The maximum atomic E-state index is 10.6. The van der Waals surface area contributed by atoms with Gasteiger partial charge < -0.3 is 14.6 Å². The molecule has 0 bridgehead atoms. The van der Waals surface area contributed by atoms with Crippen LogP contribution in [0.5, 0.6) is 0 Å². The van der Waals surface area contributed by atoms with Crippen LogP contribution in [0.4, 0.5) is 0 Å². The zero-order valence-corrected chi connectivity index (χ0v) is 10.5. The summed E-state index contributed by atoms with van der Waals surface area (Å²) >= 11 is 1.70. The summed E-state index contributed by atoms with van der Waals surface area (Å²) in [5.74, 6) is -0.937. The number of thiophene rings is 1. The number of aliphatic hydroxyl groups is 1. The van der Waals surface area contributed by atoms with E-state index in [4.69, 9.17) is 9.52 Å². The summed E-state index contributed by atoms with van der Waals surface area (Å²) in [5.41, 5.74) is 0. The summed E-state index contributed by atoms with van der Waals surface area (Å²) in [4.78, 5) is 11.9. The molecule has 0 aliphatic heterocycles. The fourth-order valence-electron chi connectivity index (χ4n) is 1.71. The second-order valence-corrected chi connectivity index (χ2v) is 5.03. The van der Waals surface area contributed by atoms with Gasteiger partial charge in [-0.3, -0.25) is 0 Å². The van der Waals surface area contributed by atoms with E-state index in [-0.39, 0.29) is 5.76 Å². The smallest absolute Gasteiger partial charge is 0.371 e. The topological polar surface area (TPSA) is 70.7 Å². The molecule has 2 rings (SSSR count). The SMILES string of the molecule is O=C(O)c1ccc(C(O)CCCc2cccs2)o1. The first kappa shape index (κ1) is 12.9. The Labute approximate surface area is 108 Å². The van der Waals surface area contributed by atoms with E-state index < -0.39 is 12.1 Å². The van der Waals surface area contributed by atoms with E-state index in [1.165, 1.54) is 17.0 Å². The third kappa shape index (κ3) is 3.21. The number of hydrogen-bond acceptors (Lipinski definition) is 4. The zero-order valence-electron chi connectivity index (χ0n) is 9.70. The van der Waals surface area contributed by atoms with Gasteiger partial charge in [0.25, 0.3) is 0 Å². The van der Waals surface area contributed by atoms with Crippen LogP contribution in [0.15, 0.2) is 34.1 Å². The molecule has 0 fully saturated rings. The molecule has 0 aliphatic rings. The van der Waals surface area contributed by atoms with Crippen molar-refractivity contribution in [2.45, 2.75) is 25.4 Å². The third-order valence-corrected chi connectivity index (χ3v) is 3.58. The monoisotopic (exact) mass is 266 g/mol. The minimum absolute atomic E-state index is 0.137. The molecule has 2 aromatic heterocycles. The molecule has 18 heavy (non-hydrogen) atoms. The number of aliphatic hydroxyl groups excluding tert-OH is 1. The average Bonchev–Trinajstić information content (AvgIpc) is 2.99. The van der Waals surface area contributed by atoms with Gasteiger partial charge in [-0.15, -0.1) is 11.3 Å². The number of carboxylic acid groups (broad SMARTS) is 1. The van der Waals surface area contributed by atoms with Gasteiger partial charge in [0.15, 0.2) is 0 Å². The van der Waals surface area contributed by atoms with Gasteiger partial charge in [-0.05, 0) is 42.8 Å². The molecule has 1 unspecified atom stereocenters. The summed E-state index contributed by atoms with van der Waals surface area (Å²) in [6.45, 7) is 0. The van der Waals surface area contributed by atoms with Crippen molar-refractivity contribution in [1.82, 2.24) is 0 Å². The van der Waals surface area contributed by atoms with Crippen molar-refractivity contribution in [3.8, 4) is 0 Å². The van der Waals surface area contributed by atoms with Gasteiger partial charge in [-0.25, -0.2) is 4.79 Å². The minimum atomic E-state index is -1.12. The number of rotatable bonds is 6. The molecule has 96 valence electrons. The Morgan fingerprint density at radius 2 is 2.22 bits per heavy atom. The average molecular weight is 266 g/mol. The predicted octanol–water partition coefficient (Wildman–Crippen LogP) is 3.10. The largest absolute Gasteiger partial charge is 0.475 e. The van der Waals surface area contributed by atoms with Gasteiger partial charge in [-0.1, -0.05) is 6.07 Å². The number of furan rings is 1. The summed E-state index contributed by atoms with van der Waals surface area (Å²) in [5, 5.41) is 20.6. The fourth-order valence-corrected chi connectivity index (χ4v) is 2.46. The lowest BCUT2D eigenvalue weighted by Crippen LogP contribution is -1.97. The number of aryl methyl sites for hydroxylation is 1. The van der Waals surface area contributed by atoms with Gasteiger partial charge in [0.05, 0.1) is 0 Å². The van der Waals surface area contributed by atoms with E-state index >= 15 is 0 Å². The van der Waals surface area contributed by atoms with Crippen LogP contribution in [0.2, 0.25) is 0 Å². The highest BCUT2D eigenvalue weighted by molar-refractivity contribution is 7.09. The van der Waals surface area contributed by atoms with Crippen molar-refractivity contribution in [3.05, 3.63) is 46.0 Å². The molecule has 1 atom stereocenters. The molecular weight excluding hydrogens is 252 g/mol. The Morgan fingerprint density at radius 3 is 2.83 bits per heavy atom. The zero-order chi connectivity index (χ0) is 13.0. The maximum Gasteiger partial charge on any atom is 0.371 e. The quantitative estimate of drug-likeness (QED) is 0.842. The van der Waals surface area contributed by atoms with Crippen LogP contribution in [0.25, 0.3) is 0 Å². The van der Waals surface area contributed by atoms with Gasteiger partial charge in [0, 0.05) is 4.88 Å². The summed E-state index contributed by atoms with van der Waals surface area (Å²) < 4.78 is 5.05. The lowest BCUT2D eigenvalue weighted by Gasteiger charge is -2.06. The molecular formula is C13H14O4S. The fraction of sp³-hybridized carbons (Fsp3) is 0.308. The van der Waals surface area contributed by atoms with Crippen LogP contribution in [-0.4, -0.2) is 16.2 Å². The lowest BCUT2D eigenvalue weighted by atomic mass is 10.1. The number of hydrogen-bond donors (Lipinski definition) is 2. The predicted molar refractivity (Wildman–Crippen MR) is 67.9 cm³/mol. The van der Waals surface area contributed by atoms with Gasteiger partial charge in [0.2, 0.25) is 5.76 Å². The van der Waals surface area contributed by atoms with E-state index in [1.54, 1.807) is 11.3 Å². The van der Waals surface area contributed by atoms with Crippen molar-refractivity contribution in [2.24, 2.45) is 0 Å². The molecule has 0 spiro atoms. The van der Waals surface area contributed by atoms with E-state index in [1.807, 2.05) is 11.4 Å². The van der Waals surface area contributed by atoms with E-state index in [2.05, 4.69) is 6.07 Å². The van der Waals surface area contributed by atoms with Crippen LogP contribution >= 0.6 is 11.3 Å². The normalized spacial score (nSPS) is 12.5. The number of carbonyl (C=O) groups is 1. The standard InChI is InChI=1S/C13H14O4S/c14-10(5-1-3-9-4-2-8-18-9)11-6-7-12(17-11)13(15)16/h2,4,6-8,10,14H,1,3,5H2,(H,15,16). The van der Waals surface area contributed by atoms with Crippen LogP contribution in [0.3, 0.4) is 0 Å². The van der Waals surface area contributed by atoms with Crippen LogP contribution in [0.1, 0.15) is 40.1 Å².